The van der Waals surface area contributed by atoms with Gasteiger partial charge in [-0.25, -0.2) is 0 Å². The maximum atomic E-state index is 11.7. The van der Waals surface area contributed by atoms with Gasteiger partial charge in [0.05, 0.1) is 0 Å². The Morgan fingerprint density at radius 1 is 1.69 bits per heavy atom. The lowest BCUT2D eigenvalue weighted by Crippen LogP contribution is -2.08. The summed E-state index contributed by atoms with van der Waals surface area (Å²) >= 11 is 1.66. The van der Waals surface area contributed by atoms with E-state index < -0.39 is 0 Å². The average Bonchev–Trinajstić information content (AvgIpc) is 2.49. The maximum absolute atomic E-state index is 11.7. The quantitative estimate of drug-likeness (QED) is 0.723. The molecule has 70 valence electrons. The lowest BCUT2D eigenvalue weighted by molar-refractivity contribution is -0.120. The zero-order valence-electron chi connectivity index (χ0n) is 8.04. The minimum atomic E-state index is 0.285. The predicted octanol–water partition coefficient (Wildman–Crippen LogP) is 2.91. The maximum Gasteiger partial charge on any atom is 0.140 e. The van der Waals surface area contributed by atoms with Crippen molar-refractivity contribution in [3.63, 3.8) is 0 Å². The SMILES string of the molecule is CC1(C)CC1C(=O)Cc1ccsc1. The van der Waals surface area contributed by atoms with Gasteiger partial charge < -0.3 is 0 Å². The fourth-order valence-corrected chi connectivity index (χ4v) is 2.40. The van der Waals surface area contributed by atoms with Crippen LogP contribution < -0.4 is 0 Å². The summed E-state index contributed by atoms with van der Waals surface area (Å²) in [4.78, 5) is 11.7. The second-order valence-electron chi connectivity index (χ2n) is 4.52. The number of thiophene rings is 1. The van der Waals surface area contributed by atoms with Crippen LogP contribution in [0.4, 0.5) is 0 Å². The van der Waals surface area contributed by atoms with Crippen LogP contribution in [0.1, 0.15) is 25.8 Å². The van der Waals surface area contributed by atoms with Crippen LogP contribution in [0.5, 0.6) is 0 Å². The third-order valence-electron chi connectivity index (χ3n) is 2.86. The van der Waals surface area contributed by atoms with Crippen molar-refractivity contribution in [3.05, 3.63) is 22.4 Å². The number of hydrogen-bond donors (Lipinski definition) is 0. The number of rotatable bonds is 3. The molecular formula is C11H14OS. The average molecular weight is 194 g/mol. The van der Waals surface area contributed by atoms with Crippen LogP contribution in [-0.4, -0.2) is 5.78 Å². The molecule has 0 bridgehead atoms. The van der Waals surface area contributed by atoms with Crippen molar-refractivity contribution in [3.8, 4) is 0 Å². The normalized spacial score (nSPS) is 24.3. The monoisotopic (exact) mass is 194 g/mol. The molecule has 0 N–H and O–H groups in total. The summed E-state index contributed by atoms with van der Waals surface area (Å²) in [6.45, 7) is 4.34. The Bertz CT molecular complexity index is 311. The molecule has 0 saturated heterocycles. The molecule has 1 fully saturated rings. The second-order valence-corrected chi connectivity index (χ2v) is 5.30. The Labute approximate surface area is 82.8 Å². The molecule has 1 atom stereocenters. The first-order chi connectivity index (χ1) is 6.09. The molecule has 1 aliphatic carbocycles. The summed E-state index contributed by atoms with van der Waals surface area (Å²) in [7, 11) is 0. The molecule has 1 nitrogen and oxygen atoms in total. The van der Waals surface area contributed by atoms with Crippen molar-refractivity contribution in [2.75, 3.05) is 0 Å². The van der Waals surface area contributed by atoms with Gasteiger partial charge in [0.15, 0.2) is 0 Å². The first-order valence-electron chi connectivity index (χ1n) is 4.63. The molecule has 1 aromatic heterocycles. The number of hydrogen-bond acceptors (Lipinski definition) is 2. The Morgan fingerprint density at radius 3 is 2.85 bits per heavy atom. The van der Waals surface area contributed by atoms with Crippen molar-refractivity contribution in [1.29, 1.82) is 0 Å². The summed E-state index contributed by atoms with van der Waals surface area (Å²) in [5.74, 6) is 0.746. The van der Waals surface area contributed by atoms with E-state index >= 15 is 0 Å². The number of carbonyl (C=O) groups excluding carboxylic acids is 1. The van der Waals surface area contributed by atoms with Gasteiger partial charge in [-0.3, -0.25) is 4.79 Å². The van der Waals surface area contributed by atoms with E-state index in [0.717, 1.165) is 6.42 Å². The first-order valence-corrected chi connectivity index (χ1v) is 5.58. The van der Waals surface area contributed by atoms with E-state index in [1.807, 2.05) is 11.4 Å². The fourth-order valence-electron chi connectivity index (χ4n) is 1.73. The van der Waals surface area contributed by atoms with Gasteiger partial charge in [0, 0.05) is 12.3 Å². The predicted molar refractivity (Wildman–Crippen MR) is 54.9 cm³/mol. The molecule has 2 heteroatoms. The van der Waals surface area contributed by atoms with Gasteiger partial charge in [0.2, 0.25) is 0 Å². The van der Waals surface area contributed by atoms with Crippen molar-refractivity contribution in [1.82, 2.24) is 0 Å². The highest BCUT2D eigenvalue weighted by atomic mass is 32.1. The minimum absolute atomic E-state index is 0.285. The van der Waals surface area contributed by atoms with Crippen LogP contribution in [0.15, 0.2) is 16.8 Å². The highest BCUT2D eigenvalue weighted by molar-refractivity contribution is 7.07. The lowest BCUT2D eigenvalue weighted by atomic mass is 10.0. The molecule has 1 aromatic rings. The highest BCUT2D eigenvalue weighted by Gasteiger charge is 2.49. The topological polar surface area (TPSA) is 17.1 Å². The van der Waals surface area contributed by atoms with Gasteiger partial charge in [0.25, 0.3) is 0 Å². The fraction of sp³-hybridized carbons (Fsp3) is 0.545. The molecule has 0 radical (unpaired) electrons. The zero-order chi connectivity index (χ0) is 9.47. The second kappa shape index (κ2) is 2.95. The molecular weight excluding hydrogens is 180 g/mol. The molecule has 0 aromatic carbocycles. The van der Waals surface area contributed by atoms with Crippen LogP contribution in [-0.2, 0) is 11.2 Å². The summed E-state index contributed by atoms with van der Waals surface area (Å²) in [6.07, 6.45) is 1.72. The van der Waals surface area contributed by atoms with Gasteiger partial charge >= 0.3 is 0 Å². The summed E-state index contributed by atoms with van der Waals surface area (Å²) < 4.78 is 0. The largest absolute Gasteiger partial charge is 0.299 e. The molecule has 1 aliphatic rings. The third kappa shape index (κ3) is 1.83. The molecule has 13 heavy (non-hydrogen) atoms. The Hall–Kier alpha value is -0.630. The Balaban J connectivity index is 1.94. The van der Waals surface area contributed by atoms with E-state index in [9.17, 15) is 4.79 Å². The molecule has 1 saturated carbocycles. The van der Waals surface area contributed by atoms with Crippen LogP contribution in [0.3, 0.4) is 0 Å². The molecule has 1 heterocycles. The van der Waals surface area contributed by atoms with Crippen LogP contribution in [0.25, 0.3) is 0 Å². The molecule has 0 aliphatic heterocycles. The van der Waals surface area contributed by atoms with Gasteiger partial charge in [-0.15, -0.1) is 0 Å². The first kappa shape index (κ1) is 8.95. The Kier molecular flexibility index (Phi) is 2.03. The summed E-state index contributed by atoms with van der Waals surface area (Å²) in [5.41, 5.74) is 1.46. The van der Waals surface area contributed by atoms with Crippen molar-refractivity contribution in [2.24, 2.45) is 11.3 Å². The molecule has 0 spiro atoms. The van der Waals surface area contributed by atoms with Crippen LogP contribution >= 0.6 is 11.3 Å². The van der Waals surface area contributed by atoms with E-state index in [1.54, 1.807) is 11.3 Å². The van der Waals surface area contributed by atoms with Gasteiger partial charge in [-0.1, -0.05) is 13.8 Å². The molecule has 2 rings (SSSR count). The highest BCUT2D eigenvalue weighted by Crippen LogP contribution is 2.52. The van der Waals surface area contributed by atoms with Crippen LogP contribution in [0, 0.1) is 11.3 Å². The number of ketones is 1. The van der Waals surface area contributed by atoms with E-state index in [1.165, 1.54) is 5.56 Å². The van der Waals surface area contributed by atoms with Gasteiger partial charge in [-0.2, -0.15) is 11.3 Å². The molecule has 1 unspecified atom stereocenters. The van der Waals surface area contributed by atoms with Gasteiger partial charge in [0.1, 0.15) is 5.78 Å². The number of carbonyl (C=O) groups is 1. The van der Waals surface area contributed by atoms with Crippen LogP contribution in [0.2, 0.25) is 0 Å². The van der Waals surface area contributed by atoms with E-state index in [-0.39, 0.29) is 5.41 Å². The van der Waals surface area contributed by atoms with Gasteiger partial charge in [-0.05, 0) is 34.2 Å². The van der Waals surface area contributed by atoms with Crippen molar-refractivity contribution >= 4 is 17.1 Å². The zero-order valence-corrected chi connectivity index (χ0v) is 8.86. The van der Waals surface area contributed by atoms with Crippen molar-refractivity contribution in [2.45, 2.75) is 26.7 Å². The van der Waals surface area contributed by atoms with Crippen molar-refractivity contribution < 1.29 is 4.79 Å². The van der Waals surface area contributed by atoms with E-state index in [4.69, 9.17) is 0 Å². The smallest absolute Gasteiger partial charge is 0.140 e. The lowest BCUT2D eigenvalue weighted by Gasteiger charge is -2.00. The van der Waals surface area contributed by atoms with E-state index in [2.05, 4.69) is 19.2 Å². The summed E-state index contributed by atoms with van der Waals surface area (Å²) in [5, 5.41) is 4.09. The minimum Gasteiger partial charge on any atom is -0.299 e. The summed E-state index contributed by atoms with van der Waals surface area (Å²) in [6, 6.07) is 2.04. The third-order valence-corrected chi connectivity index (χ3v) is 3.59. The Morgan fingerprint density at radius 2 is 2.38 bits per heavy atom. The van der Waals surface area contributed by atoms with E-state index in [0.29, 0.717) is 18.1 Å². The standard InChI is InChI=1S/C11H14OS/c1-11(2)6-9(11)10(12)5-8-3-4-13-7-8/h3-4,7,9H,5-6H2,1-2H3. The molecule has 0 amide bonds. The number of Topliss-reactive ketones (excluding diaryl/α,β-unsaturated/α-hetero) is 1.